The van der Waals surface area contributed by atoms with Gasteiger partial charge < -0.3 is 4.42 Å². The molecule has 1 saturated carbocycles. The van der Waals surface area contributed by atoms with Crippen LogP contribution in [-0.2, 0) is 6.42 Å². The first kappa shape index (κ1) is 19.0. The number of hydrogen-bond donors (Lipinski definition) is 0. The highest BCUT2D eigenvalue weighted by molar-refractivity contribution is 6.02. The zero-order chi connectivity index (χ0) is 20.1. The molecule has 4 aromatic rings. The highest BCUT2D eigenvalue weighted by atomic mass is 16.3. The standard InChI is InChI=1S/C12H7NO2.C10H16N4/c14-11-6-4-8-3-5-10-9(12(8)13-11)2-1-7-15-10;1-2-6-10-11-12-13-14(10)9-7-4-3-5-8-9/h1-7H;2,9H,1,3-8H2. The Bertz CT molecular complexity index is 1170. The van der Waals surface area contributed by atoms with Crippen molar-refractivity contribution in [2.45, 2.75) is 44.6 Å². The van der Waals surface area contributed by atoms with Gasteiger partial charge in [-0.05, 0) is 53.6 Å². The Kier molecular flexibility index (Phi) is 5.74. The summed E-state index contributed by atoms with van der Waals surface area (Å²) < 4.78 is 7.30. The van der Waals surface area contributed by atoms with Gasteiger partial charge in [-0.1, -0.05) is 25.3 Å². The summed E-state index contributed by atoms with van der Waals surface area (Å²) in [4.78, 5) is 15.2. The van der Waals surface area contributed by atoms with Gasteiger partial charge in [-0.3, -0.25) is 4.79 Å². The van der Waals surface area contributed by atoms with E-state index >= 15 is 0 Å². The van der Waals surface area contributed by atoms with Gasteiger partial charge in [-0.25, -0.2) is 9.67 Å². The van der Waals surface area contributed by atoms with Gasteiger partial charge in [-0.15, -0.1) is 11.7 Å². The van der Waals surface area contributed by atoms with Gasteiger partial charge in [0, 0.05) is 23.3 Å². The molecule has 7 nitrogen and oxygen atoms in total. The average Bonchev–Trinajstić information content (AvgIpc) is 3.23. The Hall–Kier alpha value is -3.35. The van der Waals surface area contributed by atoms with Crippen molar-refractivity contribution in [2.24, 2.45) is 0 Å². The lowest BCUT2D eigenvalue weighted by Crippen LogP contribution is -2.16. The van der Waals surface area contributed by atoms with Crippen molar-refractivity contribution < 1.29 is 4.42 Å². The fourth-order valence-corrected chi connectivity index (χ4v) is 3.77. The van der Waals surface area contributed by atoms with Crippen LogP contribution in [-0.4, -0.2) is 25.2 Å². The number of rotatable bonds is 3. The van der Waals surface area contributed by atoms with Crippen molar-refractivity contribution in [3.63, 3.8) is 0 Å². The van der Waals surface area contributed by atoms with Crippen molar-refractivity contribution in [1.82, 2.24) is 25.2 Å². The maximum Gasteiger partial charge on any atom is 0.270 e. The van der Waals surface area contributed by atoms with Crippen molar-refractivity contribution in [3.05, 3.63) is 71.5 Å². The number of aromatic nitrogens is 5. The minimum absolute atomic E-state index is 0.223. The highest BCUT2D eigenvalue weighted by Crippen LogP contribution is 2.27. The Morgan fingerprint density at radius 3 is 2.79 bits per heavy atom. The molecule has 0 saturated heterocycles. The molecule has 5 rings (SSSR count). The molecule has 148 valence electrons. The summed E-state index contributed by atoms with van der Waals surface area (Å²) in [6.45, 7) is 3.71. The van der Waals surface area contributed by atoms with E-state index in [4.69, 9.17) is 4.42 Å². The third-order valence-corrected chi connectivity index (χ3v) is 5.18. The average molecular weight is 389 g/mol. The minimum atomic E-state index is -0.223. The SMILES string of the molecule is C=CCc1nnnn1C1CCCCC1.O=c1ccc2ccc3occcc3c2n1. The smallest absolute Gasteiger partial charge is 0.270 e. The van der Waals surface area contributed by atoms with Crippen LogP contribution in [0.5, 0.6) is 0 Å². The van der Waals surface area contributed by atoms with Crippen molar-refractivity contribution in [3.8, 4) is 0 Å². The van der Waals surface area contributed by atoms with E-state index in [1.54, 1.807) is 18.4 Å². The summed E-state index contributed by atoms with van der Waals surface area (Å²) in [5.74, 6) is 0.951. The third kappa shape index (κ3) is 4.23. The van der Waals surface area contributed by atoms with Crippen LogP contribution in [0.15, 0.2) is 64.5 Å². The molecule has 0 N–H and O–H groups in total. The van der Waals surface area contributed by atoms with E-state index in [1.165, 1.54) is 38.2 Å². The molecule has 1 aromatic carbocycles. The molecule has 3 heterocycles. The third-order valence-electron chi connectivity index (χ3n) is 5.18. The lowest BCUT2D eigenvalue weighted by Gasteiger charge is -2.21. The number of tetrazole rings is 1. The molecule has 0 radical (unpaired) electrons. The topological polar surface area (TPSA) is 86.7 Å². The molecular formula is C22H23N5O2. The van der Waals surface area contributed by atoms with Gasteiger partial charge in [0.2, 0.25) is 0 Å². The first-order valence-electron chi connectivity index (χ1n) is 9.91. The van der Waals surface area contributed by atoms with Crippen LogP contribution in [0, 0.1) is 0 Å². The van der Waals surface area contributed by atoms with Crippen LogP contribution in [0.25, 0.3) is 21.9 Å². The molecule has 0 unspecified atom stereocenters. The van der Waals surface area contributed by atoms with E-state index in [2.05, 4.69) is 27.1 Å². The largest absolute Gasteiger partial charge is 0.464 e. The van der Waals surface area contributed by atoms with E-state index in [1.807, 2.05) is 29.0 Å². The zero-order valence-electron chi connectivity index (χ0n) is 16.2. The first-order valence-corrected chi connectivity index (χ1v) is 9.91. The second-order valence-corrected chi connectivity index (χ2v) is 7.14. The van der Waals surface area contributed by atoms with Crippen LogP contribution < -0.4 is 5.56 Å². The highest BCUT2D eigenvalue weighted by Gasteiger charge is 2.19. The normalized spacial score (nSPS) is 14.5. The summed E-state index contributed by atoms with van der Waals surface area (Å²) in [5, 5.41) is 13.6. The fourth-order valence-electron chi connectivity index (χ4n) is 3.77. The van der Waals surface area contributed by atoms with E-state index < -0.39 is 0 Å². The van der Waals surface area contributed by atoms with Gasteiger partial charge in [-0.2, -0.15) is 0 Å². The van der Waals surface area contributed by atoms with Crippen LogP contribution in [0.1, 0.15) is 44.0 Å². The van der Waals surface area contributed by atoms with Crippen LogP contribution in [0.3, 0.4) is 0 Å². The maximum absolute atomic E-state index is 11.2. The fraction of sp³-hybridized carbons (Fsp3) is 0.318. The number of benzene rings is 1. The number of allylic oxidation sites excluding steroid dienone is 1. The molecule has 3 aromatic heterocycles. The number of hydrogen-bond acceptors (Lipinski definition) is 6. The summed E-state index contributed by atoms with van der Waals surface area (Å²) in [6, 6.07) is 11.2. The Morgan fingerprint density at radius 1 is 1.14 bits per heavy atom. The molecule has 29 heavy (non-hydrogen) atoms. The number of fused-ring (bicyclic) bond motifs is 3. The lowest BCUT2D eigenvalue weighted by atomic mass is 9.95. The molecule has 0 bridgehead atoms. The predicted molar refractivity (Wildman–Crippen MR) is 112 cm³/mol. The minimum Gasteiger partial charge on any atom is -0.464 e. The second-order valence-electron chi connectivity index (χ2n) is 7.14. The van der Waals surface area contributed by atoms with Crippen LogP contribution in [0.4, 0.5) is 0 Å². The van der Waals surface area contributed by atoms with Gasteiger partial charge in [0.25, 0.3) is 5.56 Å². The van der Waals surface area contributed by atoms with Gasteiger partial charge in [0.1, 0.15) is 5.58 Å². The van der Waals surface area contributed by atoms with Gasteiger partial charge in [0.05, 0.1) is 17.8 Å². The molecular weight excluding hydrogens is 366 g/mol. The Morgan fingerprint density at radius 2 is 1.97 bits per heavy atom. The molecule has 0 spiro atoms. The van der Waals surface area contributed by atoms with E-state index in [-0.39, 0.29) is 5.56 Å². The molecule has 0 aliphatic heterocycles. The number of nitrogens with zero attached hydrogens (tertiary/aromatic N) is 5. The van der Waals surface area contributed by atoms with E-state index in [9.17, 15) is 4.79 Å². The molecule has 1 fully saturated rings. The number of pyridine rings is 1. The zero-order valence-corrected chi connectivity index (χ0v) is 16.2. The predicted octanol–water partition coefficient (Wildman–Crippen LogP) is 4.25. The van der Waals surface area contributed by atoms with Crippen LogP contribution in [0.2, 0.25) is 0 Å². The first-order chi connectivity index (χ1) is 14.3. The monoisotopic (exact) mass is 389 g/mol. The molecule has 7 heteroatoms. The van der Waals surface area contributed by atoms with Crippen molar-refractivity contribution >= 4 is 21.9 Å². The van der Waals surface area contributed by atoms with E-state index in [0.29, 0.717) is 11.6 Å². The molecule has 1 aliphatic rings. The molecule has 0 amide bonds. The summed E-state index contributed by atoms with van der Waals surface area (Å²) >= 11 is 0. The molecule has 1 aliphatic carbocycles. The van der Waals surface area contributed by atoms with E-state index in [0.717, 1.165) is 28.6 Å². The van der Waals surface area contributed by atoms with Crippen LogP contribution >= 0.6 is 0 Å². The summed E-state index contributed by atoms with van der Waals surface area (Å²) in [6.07, 6.45) is 10.6. The quantitative estimate of drug-likeness (QED) is 0.385. The Labute approximate surface area is 168 Å². The van der Waals surface area contributed by atoms with Crippen molar-refractivity contribution in [1.29, 1.82) is 0 Å². The second kappa shape index (κ2) is 8.77. The summed E-state index contributed by atoms with van der Waals surface area (Å²) in [7, 11) is 0. The maximum atomic E-state index is 11.2. The summed E-state index contributed by atoms with van der Waals surface area (Å²) in [5.41, 5.74) is 1.21. The molecule has 0 atom stereocenters. The Balaban J connectivity index is 0.000000142. The lowest BCUT2D eigenvalue weighted by molar-refractivity contribution is 0.318. The van der Waals surface area contributed by atoms with Crippen molar-refractivity contribution in [2.75, 3.05) is 0 Å². The van der Waals surface area contributed by atoms with Gasteiger partial charge >= 0.3 is 0 Å². The van der Waals surface area contributed by atoms with Gasteiger partial charge in [0.15, 0.2) is 5.82 Å².